The van der Waals surface area contributed by atoms with Gasteiger partial charge >= 0.3 is 0 Å². The van der Waals surface area contributed by atoms with Crippen LogP contribution in [0.15, 0.2) is 37.1 Å². The van der Waals surface area contributed by atoms with Gasteiger partial charge in [-0.25, -0.2) is 0 Å². The first-order valence-electron chi connectivity index (χ1n) is 6.64. The number of allylic oxidation sites excluding steroid dienone is 3. The molecule has 116 valence electrons. The van der Waals surface area contributed by atoms with Gasteiger partial charge in [-0.2, -0.15) is 0 Å². The highest BCUT2D eigenvalue weighted by molar-refractivity contribution is 5.12. The summed E-state index contributed by atoms with van der Waals surface area (Å²) in [4.78, 5) is 0. The van der Waals surface area contributed by atoms with Crippen LogP contribution in [-0.2, 0) is 23.7 Å². The van der Waals surface area contributed by atoms with Crippen molar-refractivity contribution in [2.75, 3.05) is 60.0 Å². The van der Waals surface area contributed by atoms with Crippen LogP contribution in [0.3, 0.4) is 0 Å². The Bertz CT molecular complexity index is 263. The van der Waals surface area contributed by atoms with Gasteiger partial charge < -0.3 is 23.7 Å². The van der Waals surface area contributed by atoms with E-state index in [1.807, 2.05) is 0 Å². The molecule has 5 heteroatoms. The Balaban J connectivity index is 3.11. The molecule has 0 aromatic carbocycles. The molecule has 0 aliphatic carbocycles. The molecule has 0 saturated heterocycles. The number of methoxy groups -OCH3 is 1. The normalized spacial score (nSPS) is 10.8. The van der Waals surface area contributed by atoms with Crippen LogP contribution < -0.4 is 0 Å². The third-order valence-corrected chi connectivity index (χ3v) is 2.11. The first kappa shape index (κ1) is 18.9. The molecular formula is C15H26O5. The maximum atomic E-state index is 5.34. The van der Waals surface area contributed by atoms with Crippen LogP contribution in [0.2, 0.25) is 0 Å². The van der Waals surface area contributed by atoms with Gasteiger partial charge in [0.25, 0.3) is 0 Å². The summed E-state index contributed by atoms with van der Waals surface area (Å²) in [5.41, 5.74) is 0. The zero-order valence-electron chi connectivity index (χ0n) is 12.3. The maximum absolute atomic E-state index is 5.34. The number of ether oxygens (including phenoxy) is 5. The molecule has 0 heterocycles. The third kappa shape index (κ3) is 14.9. The fraction of sp³-hybridized carbons (Fsp3) is 0.600. The van der Waals surface area contributed by atoms with E-state index in [9.17, 15) is 0 Å². The van der Waals surface area contributed by atoms with Gasteiger partial charge in [0.1, 0.15) is 12.4 Å². The van der Waals surface area contributed by atoms with Crippen LogP contribution in [0.5, 0.6) is 0 Å². The van der Waals surface area contributed by atoms with E-state index in [4.69, 9.17) is 23.7 Å². The molecule has 0 aliphatic rings. The molecular weight excluding hydrogens is 260 g/mol. The van der Waals surface area contributed by atoms with Gasteiger partial charge in [0, 0.05) is 7.11 Å². The van der Waals surface area contributed by atoms with Gasteiger partial charge in [-0.15, -0.1) is 0 Å². The standard InChI is InChI=1S/C15H26O5/c1-4-5-6-15(2)20-14-13-19-12-11-18-10-9-17-8-7-16-3/h4-6H,1-2,7-14H2,3H3/b6-5-. The van der Waals surface area contributed by atoms with E-state index in [1.54, 1.807) is 25.3 Å². The van der Waals surface area contributed by atoms with Gasteiger partial charge in [-0.05, 0) is 6.08 Å². The second-order valence-corrected chi connectivity index (χ2v) is 3.74. The lowest BCUT2D eigenvalue weighted by atomic mass is 10.4. The maximum Gasteiger partial charge on any atom is 0.112 e. The Kier molecular flexibility index (Phi) is 15.0. The van der Waals surface area contributed by atoms with Crippen molar-refractivity contribution in [3.05, 3.63) is 37.1 Å². The Labute approximate surface area is 121 Å². The average molecular weight is 286 g/mol. The van der Waals surface area contributed by atoms with Crippen LogP contribution in [0.1, 0.15) is 0 Å². The minimum absolute atomic E-state index is 0.473. The second kappa shape index (κ2) is 15.9. The summed E-state index contributed by atoms with van der Waals surface area (Å²) in [6.07, 6.45) is 5.19. The van der Waals surface area contributed by atoms with E-state index >= 15 is 0 Å². The number of hydrogen-bond donors (Lipinski definition) is 0. The summed E-state index contributed by atoms with van der Waals surface area (Å²) >= 11 is 0. The number of hydrogen-bond acceptors (Lipinski definition) is 5. The summed E-state index contributed by atoms with van der Waals surface area (Å²) in [6, 6.07) is 0. The SMILES string of the molecule is C=C/C=C\C(=C)OCCOCCOCCOCCOC. The third-order valence-electron chi connectivity index (χ3n) is 2.11. The summed E-state index contributed by atoms with van der Waals surface area (Å²) in [5, 5.41) is 0. The Hall–Kier alpha value is -1.14. The van der Waals surface area contributed by atoms with Crippen molar-refractivity contribution in [1.82, 2.24) is 0 Å². The van der Waals surface area contributed by atoms with Crippen molar-refractivity contribution in [3.63, 3.8) is 0 Å². The van der Waals surface area contributed by atoms with Gasteiger partial charge in [0.05, 0.1) is 46.2 Å². The van der Waals surface area contributed by atoms with Gasteiger partial charge in [0.2, 0.25) is 0 Å². The highest BCUT2D eigenvalue weighted by Crippen LogP contribution is 1.95. The zero-order valence-corrected chi connectivity index (χ0v) is 12.3. The summed E-state index contributed by atoms with van der Waals surface area (Å²) in [6.45, 7) is 11.7. The highest BCUT2D eigenvalue weighted by atomic mass is 16.6. The van der Waals surface area contributed by atoms with E-state index in [0.717, 1.165) is 0 Å². The molecule has 0 amide bonds. The van der Waals surface area contributed by atoms with E-state index in [0.29, 0.717) is 58.6 Å². The first-order chi connectivity index (χ1) is 9.81. The predicted molar refractivity (Wildman–Crippen MR) is 78.8 cm³/mol. The van der Waals surface area contributed by atoms with Crippen molar-refractivity contribution in [2.45, 2.75) is 0 Å². The minimum Gasteiger partial charge on any atom is -0.492 e. The first-order valence-corrected chi connectivity index (χ1v) is 6.64. The molecule has 20 heavy (non-hydrogen) atoms. The highest BCUT2D eigenvalue weighted by Gasteiger charge is 1.93. The molecule has 0 unspecified atom stereocenters. The Morgan fingerprint density at radius 3 is 1.85 bits per heavy atom. The lowest BCUT2D eigenvalue weighted by Gasteiger charge is -2.08. The summed E-state index contributed by atoms with van der Waals surface area (Å²) in [7, 11) is 1.64. The van der Waals surface area contributed by atoms with Gasteiger partial charge in [-0.3, -0.25) is 0 Å². The quantitative estimate of drug-likeness (QED) is 0.262. The molecule has 0 fully saturated rings. The smallest absolute Gasteiger partial charge is 0.112 e. The summed E-state index contributed by atoms with van der Waals surface area (Å²) in [5.74, 6) is 0.595. The fourth-order valence-electron chi connectivity index (χ4n) is 1.14. The number of rotatable bonds is 15. The van der Waals surface area contributed by atoms with Crippen LogP contribution in [0, 0.1) is 0 Å². The van der Waals surface area contributed by atoms with Crippen molar-refractivity contribution in [1.29, 1.82) is 0 Å². The van der Waals surface area contributed by atoms with Crippen LogP contribution in [0.25, 0.3) is 0 Å². The van der Waals surface area contributed by atoms with Crippen LogP contribution in [-0.4, -0.2) is 60.0 Å². The van der Waals surface area contributed by atoms with Gasteiger partial charge in [0.15, 0.2) is 0 Å². The molecule has 0 aliphatic heterocycles. The average Bonchev–Trinajstić information content (AvgIpc) is 2.46. The van der Waals surface area contributed by atoms with Crippen molar-refractivity contribution in [2.24, 2.45) is 0 Å². The fourth-order valence-corrected chi connectivity index (χ4v) is 1.14. The van der Waals surface area contributed by atoms with E-state index < -0.39 is 0 Å². The van der Waals surface area contributed by atoms with Gasteiger partial charge in [-0.1, -0.05) is 25.3 Å². The molecule has 0 aromatic rings. The zero-order chi connectivity index (χ0) is 14.9. The molecule has 0 N–H and O–H groups in total. The van der Waals surface area contributed by atoms with Crippen LogP contribution in [0.4, 0.5) is 0 Å². The minimum atomic E-state index is 0.473. The molecule has 0 atom stereocenters. The van der Waals surface area contributed by atoms with E-state index in [1.165, 1.54) is 0 Å². The van der Waals surface area contributed by atoms with E-state index in [-0.39, 0.29) is 0 Å². The molecule has 0 aromatic heterocycles. The Morgan fingerprint density at radius 2 is 1.35 bits per heavy atom. The lowest BCUT2D eigenvalue weighted by Crippen LogP contribution is -2.12. The predicted octanol–water partition coefficient (Wildman–Crippen LogP) is 1.96. The van der Waals surface area contributed by atoms with Crippen molar-refractivity contribution >= 4 is 0 Å². The Morgan fingerprint density at radius 1 is 0.850 bits per heavy atom. The van der Waals surface area contributed by atoms with Crippen LogP contribution >= 0.6 is 0 Å². The molecule has 0 radical (unpaired) electrons. The topological polar surface area (TPSA) is 46.2 Å². The molecule has 0 bridgehead atoms. The largest absolute Gasteiger partial charge is 0.492 e. The summed E-state index contributed by atoms with van der Waals surface area (Å²) < 4.78 is 26.1. The molecule has 5 nitrogen and oxygen atoms in total. The molecule has 0 rings (SSSR count). The van der Waals surface area contributed by atoms with Crippen molar-refractivity contribution in [3.8, 4) is 0 Å². The second-order valence-electron chi connectivity index (χ2n) is 3.74. The van der Waals surface area contributed by atoms with Crippen molar-refractivity contribution < 1.29 is 23.7 Å². The monoisotopic (exact) mass is 286 g/mol. The lowest BCUT2D eigenvalue weighted by molar-refractivity contribution is -0.00252. The van der Waals surface area contributed by atoms with E-state index in [2.05, 4.69) is 13.2 Å². The molecule has 0 spiro atoms. The molecule has 0 saturated carbocycles.